The van der Waals surface area contributed by atoms with Gasteiger partial charge < -0.3 is 4.74 Å². The summed E-state index contributed by atoms with van der Waals surface area (Å²) in [5.74, 6) is 0.473. The van der Waals surface area contributed by atoms with E-state index in [1.165, 1.54) is 7.11 Å². The van der Waals surface area contributed by atoms with Crippen LogP contribution in [0.15, 0.2) is 65.6 Å². The van der Waals surface area contributed by atoms with Crippen molar-refractivity contribution in [1.82, 2.24) is 4.98 Å². The van der Waals surface area contributed by atoms with Crippen molar-refractivity contribution in [3.8, 4) is 28.0 Å². The van der Waals surface area contributed by atoms with Gasteiger partial charge in [0.25, 0.3) is 0 Å². The van der Waals surface area contributed by atoms with Crippen LogP contribution in [0.2, 0.25) is 10.0 Å². The van der Waals surface area contributed by atoms with Gasteiger partial charge in [-0.05, 0) is 41.8 Å². The van der Waals surface area contributed by atoms with Crippen molar-refractivity contribution in [2.75, 3.05) is 7.11 Å². The third kappa shape index (κ3) is 4.60. The summed E-state index contributed by atoms with van der Waals surface area (Å²) < 4.78 is 69.9. The second-order valence-electron chi connectivity index (χ2n) is 7.46. The summed E-state index contributed by atoms with van der Waals surface area (Å²) >= 11 is 12.9. The van der Waals surface area contributed by atoms with Crippen LogP contribution in [0.25, 0.3) is 33.2 Å². The Bertz CT molecular complexity index is 1390. The van der Waals surface area contributed by atoms with Crippen molar-refractivity contribution in [2.45, 2.75) is 11.8 Å². The molecule has 0 radical (unpaired) electrons. The molecule has 0 fully saturated rings. The first kappa shape index (κ1) is 23.6. The first-order chi connectivity index (χ1) is 15.2. The third-order valence-electron chi connectivity index (χ3n) is 5.18. The molecule has 4 aromatic rings. The summed E-state index contributed by atoms with van der Waals surface area (Å²) in [6.45, 7) is 1.80. The van der Waals surface area contributed by atoms with Crippen molar-refractivity contribution in [3.63, 3.8) is 0 Å². The van der Waals surface area contributed by atoms with Crippen LogP contribution >= 0.6 is 33.4 Å². The van der Waals surface area contributed by atoms with Crippen LogP contribution in [0.5, 0.6) is 5.75 Å². The van der Waals surface area contributed by atoms with E-state index in [4.69, 9.17) is 27.9 Å². The number of ether oxygens (including phenoxy) is 1. The van der Waals surface area contributed by atoms with Crippen molar-refractivity contribution in [2.24, 2.45) is 0 Å². The van der Waals surface area contributed by atoms with E-state index >= 15 is 0 Å². The Hall–Kier alpha value is -2.55. The molecule has 1 heterocycles. The van der Waals surface area contributed by atoms with Gasteiger partial charge in [0.1, 0.15) is 10.6 Å². The molecule has 10 heteroatoms. The maximum Gasteiger partial charge on any atom is 0.310 e. The van der Waals surface area contributed by atoms with E-state index in [1.807, 2.05) is 0 Å². The van der Waals surface area contributed by atoms with Gasteiger partial charge in [-0.2, -0.15) is 0 Å². The Labute approximate surface area is 196 Å². The number of hydrogen-bond donors (Lipinski definition) is 0. The lowest BCUT2D eigenvalue weighted by atomic mass is 9.98. The number of hydrogen-bond acceptors (Lipinski definition) is 2. The fourth-order valence-corrected chi connectivity index (χ4v) is 4.86. The molecule has 0 atom stereocenters. The van der Waals surface area contributed by atoms with Crippen molar-refractivity contribution in [1.29, 1.82) is 0 Å². The summed E-state index contributed by atoms with van der Waals surface area (Å²) in [6, 6.07) is 13.0. The number of rotatable bonds is 4. The van der Waals surface area contributed by atoms with Crippen molar-refractivity contribution < 1.29 is 24.2 Å². The Morgan fingerprint density at radius 2 is 1.30 bits per heavy atom. The highest BCUT2D eigenvalue weighted by molar-refractivity contribution is 8.45. The molecule has 0 unspecified atom stereocenters. The Morgan fingerprint density at radius 3 is 1.82 bits per heavy atom. The standard InChI is InChI=1S/C23H16Cl2F5NOS/c1-13-22(23(25)18-11-19(24)21(32-2)12-20(18)31-13)16-5-3-14(4-6-16)15-7-9-17(10-8-15)33(26,27,28,29)30/h3-12H,1-2H3. The molecule has 33 heavy (non-hydrogen) atoms. The second-order valence-corrected chi connectivity index (χ2v) is 10.7. The predicted molar refractivity (Wildman–Crippen MR) is 125 cm³/mol. The molecule has 0 aliphatic rings. The zero-order valence-corrected chi connectivity index (χ0v) is 19.5. The molecule has 0 aliphatic heterocycles. The lowest BCUT2D eigenvalue weighted by molar-refractivity contribution is 0.364. The Balaban J connectivity index is 1.73. The molecule has 0 saturated heterocycles. The Morgan fingerprint density at radius 1 is 0.788 bits per heavy atom. The summed E-state index contributed by atoms with van der Waals surface area (Å²) in [6.07, 6.45) is 0. The van der Waals surface area contributed by atoms with Crippen LogP contribution in [0.1, 0.15) is 5.69 Å². The molecule has 174 valence electrons. The number of pyridine rings is 1. The summed E-state index contributed by atoms with van der Waals surface area (Å²) in [4.78, 5) is 2.67. The van der Waals surface area contributed by atoms with E-state index in [0.29, 0.717) is 61.2 Å². The highest BCUT2D eigenvalue weighted by Gasteiger charge is 2.65. The molecule has 2 nitrogen and oxygen atoms in total. The normalized spacial score (nSPS) is 14.1. The number of halogens is 7. The summed E-state index contributed by atoms with van der Waals surface area (Å²) in [5, 5.41) is 1.46. The van der Waals surface area contributed by atoms with Crippen LogP contribution in [0.4, 0.5) is 19.4 Å². The molecule has 0 N–H and O–H groups in total. The third-order valence-corrected chi connectivity index (χ3v) is 7.03. The van der Waals surface area contributed by atoms with E-state index in [9.17, 15) is 19.4 Å². The molecule has 0 saturated carbocycles. The van der Waals surface area contributed by atoms with Gasteiger partial charge in [0.2, 0.25) is 0 Å². The quantitative estimate of drug-likeness (QED) is 0.250. The van der Waals surface area contributed by atoms with Crippen molar-refractivity contribution >= 4 is 44.3 Å². The molecule has 0 aliphatic carbocycles. The zero-order valence-electron chi connectivity index (χ0n) is 17.2. The van der Waals surface area contributed by atoms with E-state index in [2.05, 4.69) is 4.98 Å². The molecule has 0 bridgehead atoms. The Kier molecular flexibility index (Phi) is 5.17. The minimum absolute atomic E-state index is 0.366. The largest absolute Gasteiger partial charge is 0.495 e. The monoisotopic (exact) mass is 519 g/mol. The molecule has 1 aromatic heterocycles. The van der Waals surface area contributed by atoms with Crippen LogP contribution in [0.3, 0.4) is 0 Å². The summed E-state index contributed by atoms with van der Waals surface area (Å²) in [5.41, 5.74) is 3.60. The average Bonchev–Trinajstić information content (AvgIpc) is 2.73. The lowest BCUT2D eigenvalue weighted by Crippen LogP contribution is -2.05. The fraction of sp³-hybridized carbons (Fsp3) is 0.0870. The van der Waals surface area contributed by atoms with Gasteiger partial charge in [0.15, 0.2) is 0 Å². The van der Waals surface area contributed by atoms with Gasteiger partial charge in [-0.25, -0.2) is 0 Å². The number of benzene rings is 3. The number of nitrogens with zero attached hydrogens (tertiary/aromatic N) is 1. The number of fused-ring (bicyclic) bond motifs is 1. The van der Waals surface area contributed by atoms with Gasteiger partial charge in [-0.3, -0.25) is 4.98 Å². The van der Waals surface area contributed by atoms with Gasteiger partial charge in [-0.15, -0.1) is 0 Å². The number of aromatic nitrogens is 1. The van der Waals surface area contributed by atoms with Crippen LogP contribution < -0.4 is 4.74 Å². The first-order valence-corrected chi connectivity index (χ1v) is 12.2. The van der Waals surface area contributed by atoms with Gasteiger partial charge in [0.05, 0.1) is 22.7 Å². The number of methoxy groups -OCH3 is 1. The zero-order chi connectivity index (χ0) is 24.2. The minimum atomic E-state index is -9.70. The average molecular weight is 520 g/mol. The van der Waals surface area contributed by atoms with Gasteiger partial charge >= 0.3 is 10.2 Å². The first-order valence-electron chi connectivity index (χ1n) is 9.46. The van der Waals surface area contributed by atoms with Gasteiger partial charge in [-0.1, -0.05) is 79.0 Å². The van der Waals surface area contributed by atoms with Crippen LogP contribution in [-0.2, 0) is 0 Å². The molecule has 4 rings (SSSR count). The maximum absolute atomic E-state index is 12.9. The van der Waals surface area contributed by atoms with E-state index < -0.39 is 15.1 Å². The maximum atomic E-state index is 12.9. The minimum Gasteiger partial charge on any atom is -0.495 e. The molecular formula is C23H16Cl2F5NOS. The number of aryl methyl sites for hydroxylation is 1. The highest BCUT2D eigenvalue weighted by Crippen LogP contribution is 3.02. The smallest absolute Gasteiger partial charge is 0.310 e. The fourth-order valence-electron chi connectivity index (χ4n) is 3.57. The molecule has 0 amide bonds. The molecular weight excluding hydrogens is 504 g/mol. The van der Waals surface area contributed by atoms with E-state index in [0.717, 1.165) is 17.7 Å². The van der Waals surface area contributed by atoms with Crippen molar-refractivity contribution in [3.05, 3.63) is 76.4 Å². The van der Waals surface area contributed by atoms with E-state index in [-0.39, 0.29) is 0 Å². The van der Waals surface area contributed by atoms with E-state index in [1.54, 1.807) is 43.3 Å². The second kappa shape index (κ2) is 7.22. The van der Waals surface area contributed by atoms with Gasteiger partial charge in [0, 0.05) is 22.7 Å². The topological polar surface area (TPSA) is 22.1 Å². The van der Waals surface area contributed by atoms with Crippen LogP contribution in [0, 0.1) is 6.92 Å². The molecule has 0 spiro atoms. The molecule has 3 aromatic carbocycles. The lowest BCUT2D eigenvalue weighted by Gasteiger charge is -2.40. The predicted octanol–water partition coefficient (Wildman–Crippen LogP) is 9.85. The van der Waals surface area contributed by atoms with Crippen LogP contribution in [-0.4, -0.2) is 12.1 Å². The highest BCUT2D eigenvalue weighted by atomic mass is 35.5. The SMILES string of the molecule is COc1cc2nc(C)c(-c3ccc(-c4ccc(S(F)(F)(F)(F)F)cc4)cc3)c(Cl)c2cc1Cl. The summed E-state index contributed by atoms with van der Waals surface area (Å²) in [7, 11) is -8.20.